The quantitative estimate of drug-likeness (QED) is 0.726. The standard InChI is InChI=1S/C11H18N6O3/c1-17-15-10(14-16-17)13-11(20)12-6-7-4-2-3-5-8(7)9(18)19/h7-8H,2-6H2,1H3,(H,18,19)(H2,12,13,15,20). The average molecular weight is 282 g/mol. The van der Waals surface area contributed by atoms with Crippen molar-refractivity contribution in [1.82, 2.24) is 25.5 Å². The first-order chi connectivity index (χ1) is 9.56. The van der Waals surface area contributed by atoms with Gasteiger partial charge in [0.2, 0.25) is 0 Å². The molecule has 1 aliphatic rings. The number of hydrogen-bond donors (Lipinski definition) is 3. The Kier molecular flexibility index (Phi) is 4.49. The first-order valence-corrected chi connectivity index (χ1v) is 6.58. The zero-order valence-corrected chi connectivity index (χ0v) is 11.2. The van der Waals surface area contributed by atoms with Gasteiger partial charge in [-0.2, -0.15) is 4.80 Å². The molecule has 9 heteroatoms. The first kappa shape index (κ1) is 14.2. The van der Waals surface area contributed by atoms with Gasteiger partial charge in [-0.1, -0.05) is 17.9 Å². The Morgan fingerprint density at radius 1 is 1.40 bits per heavy atom. The molecule has 0 saturated heterocycles. The van der Waals surface area contributed by atoms with E-state index in [1.165, 1.54) is 4.80 Å². The SMILES string of the molecule is Cn1nnc(NC(=O)NCC2CCCCC2C(=O)O)n1. The molecule has 1 aromatic heterocycles. The lowest BCUT2D eigenvalue weighted by Crippen LogP contribution is -2.39. The van der Waals surface area contributed by atoms with Crippen LogP contribution in [0.3, 0.4) is 0 Å². The van der Waals surface area contributed by atoms with Gasteiger partial charge in [-0.05, 0) is 24.0 Å². The average Bonchev–Trinajstić information content (AvgIpc) is 2.82. The molecular weight excluding hydrogens is 264 g/mol. The molecule has 110 valence electrons. The molecule has 1 heterocycles. The Hall–Kier alpha value is -2.19. The summed E-state index contributed by atoms with van der Waals surface area (Å²) in [6, 6.07) is -0.451. The second kappa shape index (κ2) is 6.31. The number of urea groups is 1. The Labute approximate surface area is 115 Å². The minimum atomic E-state index is -0.785. The number of aliphatic carboxylic acids is 1. The van der Waals surface area contributed by atoms with E-state index >= 15 is 0 Å². The molecular formula is C11H18N6O3. The predicted molar refractivity (Wildman–Crippen MR) is 68.9 cm³/mol. The smallest absolute Gasteiger partial charge is 0.321 e. The van der Waals surface area contributed by atoms with Crippen LogP contribution in [-0.2, 0) is 11.8 Å². The van der Waals surface area contributed by atoms with Crippen molar-refractivity contribution in [3.63, 3.8) is 0 Å². The van der Waals surface area contributed by atoms with Crippen molar-refractivity contribution in [2.45, 2.75) is 25.7 Å². The lowest BCUT2D eigenvalue weighted by Gasteiger charge is -2.28. The maximum absolute atomic E-state index is 11.7. The summed E-state index contributed by atoms with van der Waals surface area (Å²) in [7, 11) is 1.59. The summed E-state index contributed by atoms with van der Waals surface area (Å²) in [6.07, 6.45) is 3.43. The number of nitrogens with one attached hydrogen (secondary N) is 2. The molecule has 2 unspecified atom stereocenters. The van der Waals surface area contributed by atoms with Crippen LogP contribution in [0.5, 0.6) is 0 Å². The summed E-state index contributed by atoms with van der Waals surface area (Å²) in [5.74, 6) is -1.07. The number of carbonyl (C=O) groups excluding carboxylic acids is 1. The van der Waals surface area contributed by atoms with Crippen molar-refractivity contribution in [3.05, 3.63) is 0 Å². The summed E-state index contributed by atoms with van der Waals surface area (Å²) in [4.78, 5) is 24.0. The molecule has 1 aliphatic carbocycles. The van der Waals surface area contributed by atoms with Crippen LogP contribution >= 0.6 is 0 Å². The van der Waals surface area contributed by atoms with Gasteiger partial charge in [0, 0.05) is 6.54 Å². The highest BCUT2D eigenvalue weighted by Crippen LogP contribution is 2.29. The van der Waals surface area contributed by atoms with Crippen molar-refractivity contribution in [2.75, 3.05) is 11.9 Å². The third-order valence-electron chi connectivity index (χ3n) is 3.48. The van der Waals surface area contributed by atoms with Crippen LogP contribution in [0.2, 0.25) is 0 Å². The number of nitrogens with zero attached hydrogens (tertiary/aromatic N) is 4. The summed E-state index contributed by atoms with van der Waals surface area (Å²) in [5.41, 5.74) is 0. The van der Waals surface area contributed by atoms with Gasteiger partial charge in [-0.15, -0.1) is 5.10 Å². The van der Waals surface area contributed by atoms with E-state index in [9.17, 15) is 9.59 Å². The van der Waals surface area contributed by atoms with E-state index in [0.29, 0.717) is 13.0 Å². The van der Waals surface area contributed by atoms with Crippen molar-refractivity contribution in [1.29, 1.82) is 0 Å². The summed E-state index contributed by atoms with van der Waals surface area (Å²) < 4.78 is 0. The molecule has 0 bridgehead atoms. The predicted octanol–water partition coefficient (Wildman–Crippen LogP) is 0.223. The molecule has 0 radical (unpaired) electrons. The van der Waals surface area contributed by atoms with E-state index in [1.54, 1.807) is 7.05 Å². The van der Waals surface area contributed by atoms with Crippen molar-refractivity contribution in [3.8, 4) is 0 Å². The van der Waals surface area contributed by atoms with Crippen LogP contribution in [0.25, 0.3) is 0 Å². The topological polar surface area (TPSA) is 122 Å². The maximum atomic E-state index is 11.7. The van der Waals surface area contributed by atoms with Gasteiger partial charge in [-0.25, -0.2) is 4.79 Å². The van der Waals surface area contributed by atoms with Crippen LogP contribution in [0, 0.1) is 11.8 Å². The number of anilines is 1. The van der Waals surface area contributed by atoms with Gasteiger partial charge in [0.05, 0.1) is 13.0 Å². The van der Waals surface area contributed by atoms with E-state index in [4.69, 9.17) is 5.11 Å². The molecule has 2 atom stereocenters. The summed E-state index contributed by atoms with van der Waals surface area (Å²) in [6.45, 7) is 0.336. The molecule has 1 aromatic rings. The molecule has 1 fully saturated rings. The number of carboxylic acid groups (broad SMARTS) is 1. The van der Waals surface area contributed by atoms with Crippen LogP contribution in [0.1, 0.15) is 25.7 Å². The minimum absolute atomic E-state index is 0.0261. The lowest BCUT2D eigenvalue weighted by molar-refractivity contribution is -0.144. The van der Waals surface area contributed by atoms with Gasteiger partial charge in [-0.3, -0.25) is 10.1 Å². The highest BCUT2D eigenvalue weighted by Gasteiger charge is 2.30. The molecule has 0 spiro atoms. The number of hydrogen-bond acceptors (Lipinski definition) is 5. The monoisotopic (exact) mass is 282 g/mol. The van der Waals surface area contributed by atoms with Gasteiger partial charge < -0.3 is 10.4 Å². The zero-order chi connectivity index (χ0) is 14.5. The molecule has 20 heavy (non-hydrogen) atoms. The van der Waals surface area contributed by atoms with E-state index in [0.717, 1.165) is 19.3 Å². The fourth-order valence-corrected chi connectivity index (χ4v) is 2.48. The van der Waals surface area contributed by atoms with Crippen LogP contribution in [0.15, 0.2) is 0 Å². The fraction of sp³-hybridized carbons (Fsp3) is 0.727. The third kappa shape index (κ3) is 3.65. The second-order valence-electron chi connectivity index (χ2n) is 4.93. The fourth-order valence-electron chi connectivity index (χ4n) is 2.48. The number of amides is 2. The number of aryl methyl sites for hydroxylation is 1. The molecule has 0 aliphatic heterocycles. The van der Waals surface area contributed by atoms with Gasteiger partial charge in [0.15, 0.2) is 0 Å². The highest BCUT2D eigenvalue weighted by atomic mass is 16.4. The van der Waals surface area contributed by atoms with Crippen LogP contribution in [-0.4, -0.2) is 43.9 Å². The van der Waals surface area contributed by atoms with Crippen LogP contribution < -0.4 is 10.6 Å². The minimum Gasteiger partial charge on any atom is -0.481 e. The molecule has 0 aromatic carbocycles. The molecule has 3 N–H and O–H groups in total. The maximum Gasteiger partial charge on any atom is 0.321 e. The number of rotatable bonds is 4. The van der Waals surface area contributed by atoms with Gasteiger partial charge in [0.25, 0.3) is 5.95 Å². The molecule has 2 amide bonds. The first-order valence-electron chi connectivity index (χ1n) is 6.58. The zero-order valence-electron chi connectivity index (χ0n) is 11.2. The normalized spacial score (nSPS) is 22.2. The molecule has 2 rings (SSSR count). The Morgan fingerprint density at radius 2 is 2.15 bits per heavy atom. The number of carboxylic acids is 1. The van der Waals surface area contributed by atoms with Gasteiger partial charge in [0.1, 0.15) is 0 Å². The number of tetrazole rings is 1. The van der Waals surface area contributed by atoms with Gasteiger partial charge >= 0.3 is 12.0 Å². The van der Waals surface area contributed by atoms with Crippen molar-refractivity contribution in [2.24, 2.45) is 18.9 Å². The Balaban J connectivity index is 1.81. The van der Waals surface area contributed by atoms with E-state index < -0.39 is 12.0 Å². The van der Waals surface area contributed by atoms with E-state index in [-0.39, 0.29) is 17.8 Å². The summed E-state index contributed by atoms with van der Waals surface area (Å²) in [5, 5.41) is 25.3. The van der Waals surface area contributed by atoms with Crippen molar-refractivity contribution >= 4 is 17.9 Å². The largest absolute Gasteiger partial charge is 0.481 e. The van der Waals surface area contributed by atoms with E-state index in [1.807, 2.05) is 0 Å². The molecule has 1 saturated carbocycles. The number of aromatic nitrogens is 4. The van der Waals surface area contributed by atoms with E-state index in [2.05, 4.69) is 26.0 Å². The molecule has 9 nitrogen and oxygen atoms in total. The number of carbonyl (C=O) groups is 2. The Bertz CT molecular complexity index is 488. The lowest BCUT2D eigenvalue weighted by atomic mass is 9.79. The van der Waals surface area contributed by atoms with Crippen molar-refractivity contribution < 1.29 is 14.7 Å². The third-order valence-corrected chi connectivity index (χ3v) is 3.48. The highest BCUT2D eigenvalue weighted by molar-refractivity contribution is 5.87. The van der Waals surface area contributed by atoms with Crippen LogP contribution in [0.4, 0.5) is 10.7 Å². The summed E-state index contributed by atoms with van der Waals surface area (Å²) >= 11 is 0. The second-order valence-corrected chi connectivity index (χ2v) is 4.93. The Morgan fingerprint density at radius 3 is 2.80 bits per heavy atom.